The first kappa shape index (κ1) is 22.5. The summed E-state index contributed by atoms with van der Waals surface area (Å²) in [5, 5.41) is 7.06. The van der Waals surface area contributed by atoms with E-state index in [1.807, 2.05) is 0 Å². The average molecular weight is 473 g/mol. The average Bonchev–Trinajstić information content (AvgIpc) is 3.28. The third-order valence-corrected chi connectivity index (χ3v) is 6.99. The molecule has 4 rings (SSSR count). The Balaban J connectivity index is 1.68. The molecule has 0 aliphatic heterocycles. The number of carbonyl (C=O) groups is 1. The van der Waals surface area contributed by atoms with Crippen molar-refractivity contribution >= 4 is 21.6 Å². The molecule has 172 valence electrons. The Bertz CT molecular complexity index is 1190. The zero-order valence-corrected chi connectivity index (χ0v) is 17.5. The third kappa shape index (κ3) is 3.81. The largest absolute Gasteiger partial charge is 0.493 e. The smallest absolute Gasteiger partial charge is 0.255 e. The molecular formula is C20H19F4N3O4S. The fraction of sp³-hybridized carbons (Fsp3) is 0.400. The van der Waals surface area contributed by atoms with Gasteiger partial charge in [-0.25, -0.2) is 31.7 Å². The van der Waals surface area contributed by atoms with Gasteiger partial charge in [-0.15, -0.1) is 0 Å². The summed E-state index contributed by atoms with van der Waals surface area (Å²) in [6.07, 6.45) is 0.830. The third-order valence-electron chi connectivity index (χ3n) is 6.18. The molecule has 12 heteroatoms. The highest BCUT2D eigenvalue weighted by molar-refractivity contribution is 7.89. The Morgan fingerprint density at radius 3 is 2.56 bits per heavy atom. The van der Waals surface area contributed by atoms with E-state index in [1.165, 1.54) is 12.1 Å². The monoisotopic (exact) mass is 473 g/mol. The number of sulfonamides is 1. The molecule has 1 aromatic carbocycles. The molecule has 0 bridgehead atoms. The minimum Gasteiger partial charge on any atom is -0.493 e. The number of aromatic nitrogens is 1. The number of nitrogens with one attached hydrogen (secondary N) is 1. The van der Waals surface area contributed by atoms with E-state index < -0.39 is 67.9 Å². The van der Waals surface area contributed by atoms with E-state index in [9.17, 15) is 30.8 Å². The highest BCUT2D eigenvalue weighted by Crippen LogP contribution is 2.66. The van der Waals surface area contributed by atoms with Gasteiger partial charge in [0.15, 0.2) is 16.6 Å². The van der Waals surface area contributed by atoms with E-state index in [-0.39, 0.29) is 24.1 Å². The number of primary sulfonamides is 1. The van der Waals surface area contributed by atoms with E-state index in [0.29, 0.717) is 0 Å². The van der Waals surface area contributed by atoms with Gasteiger partial charge in [-0.05, 0) is 30.9 Å². The number of carbonyl (C=O) groups excluding carboxylic acids is 1. The molecule has 7 nitrogen and oxygen atoms in total. The van der Waals surface area contributed by atoms with Crippen LogP contribution < -0.4 is 15.2 Å². The summed E-state index contributed by atoms with van der Waals surface area (Å²) in [4.78, 5) is 16.7. The first-order valence-corrected chi connectivity index (χ1v) is 11.2. The number of amides is 1. The number of anilines is 1. The molecule has 1 heterocycles. The van der Waals surface area contributed by atoms with Gasteiger partial charge in [0.1, 0.15) is 0 Å². The Kier molecular flexibility index (Phi) is 5.40. The van der Waals surface area contributed by atoms with Crippen LogP contribution in [0.2, 0.25) is 0 Å². The quantitative estimate of drug-likeness (QED) is 0.649. The fourth-order valence-corrected chi connectivity index (χ4v) is 5.04. The molecule has 2 unspecified atom stereocenters. The van der Waals surface area contributed by atoms with Crippen molar-refractivity contribution in [2.75, 3.05) is 12.4 Å². The molecule has 2 aliphatic rings. The van der Waals surface area contributed by atoms with Gasteiger partial charge in [0.05, 0.1) is 7.11 Å². The molecule has 2 aromatic rings. The number of fused-ring (bicyclic) bond motifs is 1. The topological polar surface area (TPSA) is 111 Å². The summed E-state index contributed by atoms with van der Waals surface area (Å²) in [5.41, 5.74) is 0.169. The highest BCUT2D eigenvalue weighted by atomic mass is 32.2. The van der Waals surface area contributed by atoms with Crippen LogP contribution in [0.3, 0.4) is 0 Å². The number of methoxy groups -OCH3 is 1. The molecule has 0 spiro atoms. The first-order valence-electron chi connectivity index (χ1n) is 9.64. The maximum Gasteiger partial charge on any atom is 0.255 e. The van der Waals surface area contributed by atoms with E-state index in [0.717, 1.165) is 25.4 Å². The van der Waals surface area contributed by atoms with Crippen molar-refractivity contribution in [2.24, 2.45) is 22.9 Å². The van der Waals surface area contributed by atoms with Crippen molar-refractivity contribution in [3.8, 4) is 5.75 Å². The number of nitrogens with zero attached hydrogens (tertiary/aromatic N) is 1. The lowest BCUT2D eigenvalue weighted by molar-refractivity contribution is -0.121. The van der Waals surface area contributed by atoms with Gasteiger partial charge in [0.25, 0.3) is 15.9 Å². The van der Waals surface area contributed by atoms with Crippen molar-refractivity contribution in [3.05, 3.63) is 47.7 Å². The summed E-state index contributed by atoms with van der Waals surface area (Å²) in [7, 11) is -3.01. The Morgan fingerprint density at radius 1 is 1.22 bits per heavy atom. The maximum absolute atomic E-state index is 14.3. The summed E-state index contributed by atoms with van der Waals surface area (Å²) in [6.45, 7) is 0. The summed E-state index contributed by atoms with van der Waals surface area (Å²) >= 11 is 0. The summed E-state index contributed by atoms with van der Waals surface area (Å²) < 4.78 is 84.3. The second-order valence-corrected chi connectivity index (χ2v) is 9.48. The number of alkyl halides is 2. The fourth-order valence-electron chi connectivity index (χ4n) is 4.54. The normalized spacial score (nSPS) is 26.2. The SMILES string of the molecule is COc1c(C2C[C@@H]3C(C[C@H]2C(=O)Nc2ccnc(S(N)(=O)=O)c2)C3(F)F)ccc(F)c1F. The van der Waals surface area contributed by atoms with Crippen molar-refractivity contribution in [1.82, 2.24) is 4.98 Å². The lowest BCUT2D eigenvalue weighted by atomic mass is 9.74. The van der Waals surface area contributed by atoms with Crippen LogP contribution in [-0.4, -0.2) is 32.3 Å². The number of hydrogen-bond acceptors (Lipinski definition) is 5. The number of halogens is 4. The molecule has 1 aromatic heterocycles. The Labute approximate surface area is 181 Å². The molecule has 32 heavy (non-hydrogen) atoms. The van der Waals surface area contributed by atoms with Gasteiger partial charge < -0.3 is 10.1 Å². The van der Waals surface area contributed by atoms with Crippen molar-refractivity contribution in [2.45, 2.75) is 29.7 Å². The van der Waals surface area contributed by atoms with Gasteiger partial charge in [-0.3, -0.25) is 4.79 Å². The van der Waals surface area contributed by atoms with Gasteiger partial charge in [-0.2, -0.15) is 4.39 Å². The zero-order chi connectivity index (χ0) is 23.4. The molecular weight excluding hydrogens is 454 g/mol. The zero-order valence-electron chi connectivity index (χ0n) is 16.7. The van der Waals surface area contributed by atoms with E-state index in [4.69, 9.17) is 9.88 Å². The van der Waals surface area contributed by atoms with Crippen LogP contribution in [0.4, 0.5) is 23.2 Å². The second-order valence-electron chi connectivity index (χ2n) is 7.97. The van der Waals surface area contributed by atoms with Crippen LogP contribution in [0.1, 0.15) is 24.3 Å². The number of pyridine rings is 1. The minimum absolute atomic E-state index is 0.0507. The van der Waals surface area contributed by atoms with E-state index >= 15 is 0 Å². The number of rotatable bonds is 5. The van der Waals surface area contributed by atoms with E-state index in [1.54, 1.807) is 0 Å². The lowest BCUT2D eigenvalue weighted by Crippen LogP contribution is -2.32. The van der Waals surface area contributed by atoms with Gasteiger partial charge >= 0.3 is 0 Å². The predicted octanol–water partition coefficient (Wildman–Crippen LogP) is 3.03. The second kappa shape index (κ2) is 7.69. The van der Waals surface area contributed by atoms with Gasteiger partial charge in [0.2, 0.25) is 11.7 Å². The molecule has 1 amide bonds. The summed E-state index contributed by atoms with van der Waals surface area (Å²) in [6, 6.07) is 4.45. The molecule has 4 atom stereocenters. The maximum atomic E-state index is 14.3. The minimum atomic E-state index is -4.13. The molecule has 0 saturated heterocycles. The van der Waals surface area contributed by atoms with Crippen LogP contribution in [0, 0.1) is 29.4 Å². The number of nitrogens with two attached hydrogens (primary N) is 1. The first-order chi connectivity index (χ1) is 14.9. The van der Waals surface area contributed by atoms with Crippen LogP contribution in [-0.2, 0) is 14.8 Å². The number of hydrogen-bond donors (Lipinski definition) is 2. The molecule has 2 fully saturated rings. The predicted molar refractivity (Wildman–Crippen MR) is 105 cm³/mol. The van der Waals surface area contributed by atoms with Crippen LogP contribution >= 0.6 is 0 Å². The molecule has 3 N–H and O–H groups in total. The van der Waals surface area contributed by atoms with Crippen molar-refractivity contribution in [3.63, 3.8) is 0 Å². The van der Waals surface area contributed by atoms with Crippen LogP contribution in [0.15, 0.2) is 35.5 Å². The lowest BCUT2D eigenvalue weighted by Gasteiger charge is -2.31. The molecule has 0 radical (unpaired) electrons. The van der Waals surface area contributed by atoms with Gasteiger partial charge in [-0.1, -0.05) is 6.07 Å². The van der Waals surface area contributed by atoms with E-state index in [2.05, 4.69) is 10.3 Å². The standard InChI is InChI=1S/C20H19F4N3O4S/c1-31-18-10(2-3-15(21)17(18)22)11-7-13-14(20(13,23)24)8-12(11)19(28)27-9-4-5-26-16(6-9)32(25,29)30/h2-6,11-14H,7-8H2,1H3,(H2,25,29,30)(H,26,27,28)/t11?,12-,13-,14?/m1/s1. The Morgan fingerprint density at radius 2 is 1.91 bits per heavy atom. The Hall–Kier alpha value is -2.73. The molecule has 2 saturated carbocycles. The van der Waals surface area contributed by atoms with Crippen LogP contribution in [0.25, 0.3) is 0 Å². The highest BCUT2D eigenvalue weighted by Gasteiger charge is 2.71. The number of ether oxygens (including phenoxy) is 1. The van der Waals surface area contributed by atoms with Crippen molar-refractivity contribution < 1.29 is 35.5 Å². The van der Waals surface area contributed by atoms with Crippen molar-refractivity contribution in [1.29, 1.82) is 0 Å². The van der Waals surface area contributed by atoms with Gasteiger partial charge in [0, 0.05) is 41.3 Å². The van der Waals surface area contributed by atoms with Crippen LogP contribution in [0.5, 0.6) is 5.75 Å². The molecule has 2 aliphatic carbocycles. The summed E-state index contributed by atoms with van der Waals surface area (Å²) in [5.74, 6) is -10.3. The number of benzene rings is 1.